The molecule has 3 rings (SSSR count). The fourth-order valence-corrected chi connectivity index (χ4v) is 3.13. The lowest BCUT2D eigenvalue weighted by Gasteiger charge is -2.17. The molecule has 27 heavy (non-hydrogen) atoms. The van der Waals surface area contributed by atoms with Gasteiger partial charge in [0.15, 0.2) is 0 Å². The Hall–Kier alpha value is -2.20. The van der Waals surface area contributed by atoms with E-state index in [0.717, 1.165) is 43.2 Å². The number of benzene rings is 2. The van der Waals surface area contributed by atoms with E-state index in [1.54, 1.807) is 0 Å². The van der Waals surface area contributed by atoms with Crippen LogP contribution in [0.3, 0.4) is 0 Å². The normalized spacial score (nSPS) is 17.7. The molecule has 1 aliphatic rings. The minimum Gasteiger partial charge on any atom is -0.491 e. The fourth-order valence-electron chi connectivity index (χ4n) is 3.13. The monoisotopic (exact) mass is 369 g/mol. The Morgan fingerprint density at radius 1 is 1.07 bits per heavy atom. The number of nitrogens with one attached hydrogen (secondary N) is 1. The molecule has 0 bridgehead atoms. The first-order chi connectivity index (χ1) is 13.1. The molecule has 2 atom stereocenters. The van der Waals surface area contributed by atoms with Crippen LogP contribution in [0.2, 0.25) is 0 Å². The van der Waals surface area contributed by atoms with E-state index in [9.17, 15) is 0 Å². The highest BCUT2D eigenvalue weighted by atomic mass is 16.5. The summed E-state index contributed by atoms with van der Waals surface area (Å²) in [6.45, 7) is 8.66. The van der Waals surface area contributed by atoms with Crippen LogP contribution in [-0.2, 0) is 4.74 Å². The maximum Gasteiger partial charge on any atom is 0.121 e. The first-order valence-electron chi connectivity index (χ1n) is 9.95. The first-order valence-corrected chi connectivity index (χ1v) is 9.95. The molecular formula is C23H31NO3. The molecule has 146 valence electrons. The average Bonchev–Trinajstić information content (AvgIpc) is 3.19. The van der Waals surface area contributed by atoms with Crippen LogP contribution < -0.4 is 14.8 Å². The summed E-state index contributed by atoms with van der Waals surface area (Å²) in [6.07, 6.45) is 2.52. The Bertz CT molecular complexity index is 693. The molecule has 1 saturated heterocycles. The molecule has 2 aromatic carbocycles. The van der Waals surface area contributed by atoms with Crippen LogP contribution in [0.5, 0.6) is 11.5 Å². The van der Waals surface area contributed by atoms with Gasteiger partial charge in [0.2, 0.25) is 0 Å². The van der Waals surface area contributed by atoms with Gasteiger partial charge in [-0.3, -0.25) is 0 Å². The van der Waals surface area contributed by atoms with Gasteiger partial charge in [-0.15, -0.1) is 0 Å². The van der Waals surface area contributed by atoms with Gasteiger partial charge < -0.3 is 19.5 Å². The van der Waals surface area contributed by atoms with Crippen molar-refractivity contribution in [2.24, 2.45) is 0 Å². The van der Waals surface area contributed by atoms with Crippen LogP contribution in [0.15, 0.2) is 48.5 Å². The number of anilines is 1. The van der Waals surface area contributed by atoms with E-state index in [2.05, 4.69) is 38.2 Å². The Kier molecular flexibility index (Phi) is 6.99. The Morgan fingerprint density at radius 2 is 1.89 bits per heavy atom. The van der Waals surface area contributed by atoms with Gasteiger partial charge in [0.1, 0.15) is 24.2 Å². The van der Waals surface area contributed by atoms with Gasteiger partial charge >= 0.3 is 0 Å². The number of hydrogen-bond acceptors (Lipinski definition) is 4. The molecule has 4 nitrogen and oxygen atoms in total. The van der Waals surface area contributed by atoms with Crippen LogP contribution in [-0.4, -0.2) is 32.0 Å². The minimum atomic E-state index is 0.0614. The molecule has 1 aliphatic heterocycles. The molecule has 1 fully saturated rings. The van der Waals surface area contributed by atoms with Crippen molar-refractivity contribution in [1.82, 2.24) is 0 Å². The molecule has 0 saturated carbocycles. The van der Waals surface area contributed by atoms with Gasteiger partial charge in [-0.2, -0.15) is 0 Å². The molecular weight excluding hydrogens is 338 g/mol. The van der Waals surface area contributed by atoms with Gasteiger partial charge in [0, 0.05) is 18.4 Å². The Morgan fingerprint density at radius 3 is 2.59 bits per heavy atom. The van der Waals surface area contributed by atoms with Gasteiger partial charge in [-0.05, 0) is 55.5 Å². The highest BCUT2D eigenvalue weighted by Crippen LogP contribution is 2.21. The van der Waals surface area contributed by atoms with Crippen molar-refractivity contribution < 1.29 is 14.2 Å². The van der Waals surface area contributed by atoms with Crippen molar-refractivity contribution in [2.75, 3.05) is 25.1 Å². The van der Waals surface area contributed by atoms with Gasteiger partial charge in [0.25, 0.3) is 0 Å². The predicted molar refractivity (Wildman–Crippen MR) is 110 cm³/mol. The third kappa shape index (κ3) is 6.17. The van der Waals surface area contributed by atoms with Crippen LogP contribution in [0, 0.1) is 0 Å². The molecule has 1 heterocycles. The molecule has 1 N–H and O–H groups in total. The predicted octanol–water partition coefficient (Wildman–Crippen LogP) is 5.25. The summed E-state index contributed by atoms with van der Waals surface area (Å²) in [5, 5.41) is 3.43. The Balaban J connectivity index is 1.45. The summed E-state index contributed by atoms with van der Waals surface area (Å²) in [4.78, 5) is 0. The Labute approximate surface area is 162 Å². The van der Waals surface area contributed by atoms with Gasteiger partial charge in [-0.1, -0.05) is 32.0 Å². The third-order valence-corrected chi connectivity index (χ3v) is 4.77. The highest BCUT2D eigenvalue weighted by molar-refractivity contribution is 5.48. The van der Waals surface area contributed by atoms with Crippen LogP contribution >= 0.6 is 0 Å². The zero-order chi connectivity index (χ0) is 19.1. The lowest BCUT2D eigenvalue weighted by molar-refractivity contribution is 0.0680. The maximum atomic E-state index is 6.01. The molecule has 0 aliphatic carbocycles. The lowest BCUT2D eigenvalue weighted by atomic mass is 10.0. The SMILES string of the molecule is CC(C)c1ccc(O[C@H](C)CNc2cccc(OC[C@@H]3CCCO3)c2)cc1. The molecule has 0 amide bonds. The standard InChI is InChI=1S/C23H31NO3/c1-17(2)19-9-11-21(12-10-19)27-18(3)15-24-20-6-4-7-22(14-20)26-16-23-8-5-13-25-23/h4,6-7,9-12,14,17-18,23-24H,5,8,13,15-16H2,1-3H3/t18-,23+/m1/s1. The van der Waals surface area contributed by atoms with E-state index in [0.29, 0.717) is 12.5 Å². The molecule has 0 radical (unpaired) electrons. The van der Waals surface area contributed by atoms with Crippen molar-refractivity contribution >= 4 is 5.69 Å². The van der Waals surface area contributed by atoms with Crippen molar-refractivity contribution in [2.45, 2.75) is 51.7 Å². The topological polar surface area (TPSA) is 39.7 Å². The van der Waals surface area contributed by atoms with Gasteiger partial charge in [0.05, 0.1) is 12.6 Å². The lowest BCUT2D eigenvalue weighted by Crippen LogP contribution is -2.22. The minimum absolute atomic E-state index is 0.0614. The second-order valence-corrected chi connectivity index (χ2v) is 7.51. The van der Waals surface area contributed by atoms with E-state index < -0.39 is 0 Å². The summed E-state index contributed by atoms with van der Waals surface area (Å²) >= 11 is 0. The van der Waals surface area contributed by atoms with E-state index in [1.165, 1.54) is 5.56 Å². The summed E-state index contributed by atoms with van der Waals surface area (Å²) in [5.41, 5.74) is 2.36. The van der Waals surface area contributed by atoms with Crippen molar-refractivity contribution in [1.29, 1.82) is 0 Å². The van der Waals surface area contributed by atoms with Crippen molar-refractivity contribution in [3.63, 3.8) is 0 Å². The van der Waals surface area contributed by atoms with E-state index in [1.807, 2.05) is 36.4 Å². The quantitative estimate of drug-likeness (QED) is 0.655. The smallest absolute Gasteiger partial charge is 0.121 e. The van der Waals surface area contributed by atoms with E-state index in [-0.39, 0.29) is 12.2 Å². The van der Waals surface area contributed by atoms with Crippen LogP contribution in [0.1, 0.15) is 45.1 Å². The first kappa shape index (κ1) is 19.6. The summed E-state index contributed by atoms with van der Waals surface area (Å²) < 4.78 is 17.5. The highest BCUT2D eigenvalue weighted by Gasteiger charge is 2.16. The van der Waals surface area contributed by atoms with Crippen LogP contribution in [0.25, 0.3) is 0 Å². The summed E-state index contributed by atoms with van der Waals surface area (Å²) in [7, 11) is 0. The molecule has 2 aromatic rings. The third-order valence-electron chi connectivity index (χ3n) is 4.77. The fraction of sp³-hybridized carbons (Fsp3) is 0.478. The summed E-state index contributed by atoms with van der Waals surface area (Å²) in [5.74, 6) is 2.31. The largest absolute Gasteiger partial charge is 0.491 e. The molecule has 0 spiro atoms. The van der Waals surface area contributed by atoms with E-state index >= 15 is 0 Å². The zero-order valence-electron chi connectivity index (χ0n) is 16.6. The number of rotatable bonds is 9. The number of hydrogen-bond donors (Lipinski definition) is 1. The zero-order valence-corrected chi connectivity index (χ0v) is 16.6. The number of ether oxygens (including phenoxy) is 3. The molecule has 4 heteroatoms. The second-order valence-electron chi connectivity index (χ2n) is 7.51. The second kappa shape index (κ2) is 9.65. The summed E-state index contributed by atoms with van der Waals surface area (Å²) in [6, 6.07) is 16.4. The van der Waals surface area contributed by atoms with Crippen LogP contribution in [0.4, 0.5) is 5.69 Å². The van der Waals surface area contributed by atoms with Gasteiger partial charge in [-0.25, -0.2) is 0 Å². The molecule has 0 aromatic heterocycles. The molecule has 0 unspecified atom stereocenters. The maximum absolute atomic E-state index is 6.01. The van der Waals surface area contributed by atoms with Crippen molar-refractivity contribution in [3.05, 3.63) is 54.1 Å². The van der Waals surface area contributed by atoms with Crippen molar-refractivity contribution in [3.8, 4) is 11.5 Å². The van der Waals surface area contributed by atoms with E-state index in [4.69, 9.17) is 14.2 Å². The average molecular weight is 370 g/mol.